The van der Waals surface area contributed by atoms with Crippen LogP contribution in [0.3, 0.4) is 0 Å². The highest BCUT2D eigenvalue weighted by Gasteiger charge is 2.21. The Kier molecular flexibility index (Phi) is 5.93. The Morgan fingerprint density at radius 1 is 1.33 bits per heavy atom. The molecule has 6 nitrogen and oxygen atoms in total. The van der Waals surface area contributed by atoms with Gasteiger partial charge in [0.25, 0.3) is 0 Å². The van der Waals surface area contributed by atoms with Crippen molar-refractivity contribution in [3.63, 3.8) is 0 Å². The highest BCUT2D eigenvalue weighted by atomic mass is 16.4. The van der Waals surface area contributed by atoms with E-state index in [0.29, 0.717) is 6.54 Å². The van der Waals surface area contributed by atoms with Crippen molar-refractivity contribution in [2.75, 3.05) is 13.1 Å². The van der Waals surface area contributed by atoms with E-state index in [-0.39, 0.29) is 30.8 Å². The molecule has 6 heteroatoms. The summed E-state index contributed by atoms with van der Waals surface area (Å²) in [6.45, 7) is 9.91. The van der Waals surface area contributed by atoms with Crippen molar-refractivity contribution in [2.45, 2.75) is 47.1 Å². The fourth-order valence-electron chi connectivity index (χ4n) is 2.42. The van der Waals surface area contributed by atoms with E-state index in [2.05, 4.69) is 5.10 Å². The standard InChI is InChI=1S/C15H25N3O3/c1-10(2)8-17(9-15(20)21)14(19)7-13(5)18-12(4)6-11(3)16-18/h6,10,13H,7-9H2,1-5H3,(H,20,21). The summed E-state index contributed by atoms with van der Waals surface area (Å²) in [5.41, 5.74) is 1.91. The second-order valence-electron chi connectivity index (χ2n) is 5.99. The predicted octanol–water partition coefficient (Wildman–Crippen LogP) is 2.02. The number of carboxylic acids is 1. The van der Waals surface area contributed by atoms with Gasteiger partial charge in [0.05, 0.1) is 11.7 Å². The number of rotatable bonds is 7. The zero-order chi connectivity index (χ0) is 16.2. The van der Waals surface area contributed by atoms with Gasteiger partial charge in [-0.2, -0.15) is 5.10 Å². The molecule has 1 unspecified atom stereocenters. The van der Waals surface area contributed by atoms with Gasteiger partial charge < -0.3 is 10.0 Å². The third kappa shape index (κ3) is 5.21. The molecule has 1 N–H and O–H groups in total. The van der Waals surface area contributed by atoms with Crippen LogP contribution in [0, 0.1) is 19.8 Å². The Bertz CT molecular complexity index is 508. The van der Waals surface area contributed by atoms with Crippen molar-refractivity contribution >= 4 is 11.9 Å². The molecule has 21 heavy (non-hydrogen) atoms. The predicted molar refractivity (Wildman–Crippen MR) is 80.1 cm³/mol. The average Bonchev–Trinajstić information content (AvgIpc) is 2.66. The zero-order valence-electron chi connectivity index (χ0n) is 13.5. The summed E-state index contributed by atoms with van der Waals surface area (Å²) in [4.78, 5) is 24.6. The van der Waals surface area contributed by atoms with E-state index in [1.807, 2.05) is 45.4 Å². The molecule has 0 saturated carbocycles. The minimum Gasteiger partial charge on any atom is -0.480 e. The average molecular weight is 295 g/mol. The summed E-state index contributed by atoms with van der Waals surface area (Å²) in [6.07, 6.45) is 0.252. The van der Waals surface area contributed by atoms with Crippen LogP contribution in [0.1, 0.15) is 44.6 Å². The fraction of sp³-hybridized carbons (Fsp3) is 0.667. The van der Waals surface area contributed by atoms with E-state index >= 15 is 0 Å². The Hall–Kier alpha value is -1.85. The van der Waals surface area contributed by atoms with Gasteiger partial charge in [-0.1, -0.05) is 13.8 Å². The monoisotopic (exact) mass is 295 g/mol. The second-order valence-corrected chi connectivity index (χ2v) is 5.99. The first-order valence-corrected chi connectivity index (χ1v) is 7.23. The number of amides is 1. The maximum Gasteiger partial charge on any atom is 0.323 e. The van der Waals surface area contributed by atoms with Gasteiger partial charge in [-0.3, -0.25) is 14.3 Å². The van der Waals surface area contributed by atoms with Gasteiger partial charge in [0.15, 0.2) is 0 Å². The molecule has 0 bridgehead atoms. The number of hydrogen-bond acceptors (Lipinski definition) is 3. The minimum atomic E-state index is -0.984. The van der Waals surface area contributed by atoms with Crippen molar-refractivity contribution in [1.29, 1.82) is 0 Å². The molecule has 118 valence electrons. The summed E-state index contributed by atoms with van der Waals surface area (Å²) in [5.74, 6) is -0.897. The number of nitrogens with zero attached hydrogens (tertiary/aromatic N) is 3. The Labute approximate surface area is 125 Å². The number of aliphatic carboxylic acids is 1. The first-order chi connectivity index (χ1) is 9.70. The molecule has 0 spiro atoms. The van der Waals surface area contributed by atoms with Crippen LogP contribution in [0.2, 0.25) is 0 Å². The lowest BCUT2D eigenvalue weighted by atomic mass is 10.1. The SMILES string of the molecule is Cc1cc(C)n(C(C)CC(=O)N(CC(=O)O)CC(C)C)n1. The molecule has 0 fully saturated rings. The van der Waals surface area contributed by atoms with Gasteiger partial charge in [-0.15, -0.1) is 0 Å². The number of hydrogen-bond donors (Lipinski definition) is 1. The molecule has 0 aromatic carbocycles. The fourth-order valence-corrected chi connectivity index (χ4v) is 2.42. The van der Waals surface area contributed by atoms with Crippen LogP contribution in [0.15, 0.2) is 6.07 Å². The van der Waals surface area contributed by atoms with Crippen LogP contribution in [0.4, 0.5) is 0 Å². The summed E-state index contributed by atoms with van der Waals surface area (Å²) in [5, 5.41) is 13.3. The summed E-state index contributed by atoms with van der Waals surface area (Å²) in [6, 6.07) is 1.87. The van der Waals surface area contributed by atoms with Crippen LogP contribution in [0.5, 0.6) is 0 Å². The van der Waals surface area contributed by atoms with E-state index in [1.54, 1.807) is 0 Å². The molecule has 1 aromatic rings. The lowest BCUT2D eigenvalue weighted by Gasteiger charge is -2.24. The number of aryl methyl sites for hydroxylation is 2. The molecule has 0 aliphatic carbocycles. The van der Waals surface area contributed by atoms with Gasteiger partial charge in [-0.05, 0) is 32.8 Å². The molecule has 1 rings (SSSR count). The highest BCUT2D eigenvalue weighted by Crippen LogP contribution is 2.16. The molecule has 0 aliphatic rings. The van der Waals surface area contributed by atoms with E-state index in [4.69, 9.17) is 5.11 Å². The smallest absolute Gasteiger partial charge is 0.323 e. The van der Waals surface area contributed by atoms with E-state index in [1.165, 1.54) is 4.90 Å². The lowest BCUT2D eigenvalue weighted by molar-refractivity contribution is -0.145. The molecule has 0 aliphatic heterocycles. The molecule has 0 saturated heterocycles. The van der Waals surface area contributed by atoms with E-state index in [9.17, 15) is 9.59 Å². The molecule has 1 heterocycles. The number of carbonyl (C=O) groups excluding carboxylic acids is 1. The van der Waals surface area contributed by atoms with Crippen LogP contribution < -0.4 is 0 Å². The first kappa shape index (κ1) is 17.2. The Morgan fingerprint density at radius 3 is 2.38 bits per heavy atom. The van der Waals surface area contributed by atoms with Crippen molar-refractivity contribution in [1.82, 2.24) is 14.7 Å². The lowest BCUT2D eigenvalue weighted by Crippen LogP contribution is -2.39. The third-order valence-corrected chi connectivity index (χ3v) is 3.20. The van der Waals surface area contributed by atoms with Crippen molar-refractivity contribution < 1.29 is 14.7 Å². The zero-order valence-corrected chi connectivity index (χ0v) is 13.5. The second kappa shape index (κ2) is 7.24. The Morgan fingerprint density at radius 2 is 1.95 bits per heavy atom. The molecular formula is C15H25N3O3. The molecule has 1 amide bonds. The maximum absolute atomic E-state index is 12.3. The summed E-state index contributed by atoms with van der Waals surface area (Å²) >= 11 is 0. The normalized spacial score (nSPS) is 12.5. The van der Waals surface area contributed by atoms with Gasteiger partial charge in [-0.25, -0.2) is 0 Å². The summed E-state index contributed by atoms with van der Waals surface area (Å²) < 4.78 is 1.82. The van der Waals surface area contributed by atoms with Crippen LogP contribution >= 0.6 is 0 Å². The van der Waals surface area contributed by atoms with Crippen molar-refractivity contribution in [3.05, 3.63) is 17.5 Å². The molecule has 1 aromatic heterocycles. The number of carboxylic acid groups (broad SMARTS) is 1. The Balaban J connectivity index is 2.75. The first-order valence-electron chi connectivity index (χ1n) is 7.23. The topological polar surface area (TPSA) is 75.4 Å². The molecule has 0 radical (unpaired) electrons. The van der Waals surface area contributed by atoms with Gasteiger partial charge in [0.1, 0.15) is 6.54 Å². The molecule has 1 atom stereocenters. The van der Waals surface area contributed by atoms with Crippen LogP contribution in [0.25, 0.3) is 0 Å². The van der Waals surface area contributed by atoms with Crippen LogP contribution in [-0.2, 0) is 9.59 Å². The number of carbonyl (C=O) groups is 2. The van der Waals surface area contributed by atoms with E-state index < -0.39 is 5.97 Å². The highest BCUT2D eigenvalue weighted by molar-refractivity contribution is 5.81. The van der Waals surface area contributed by atoms with Gasteiger partial charge >= 0.3 is 5.97 Å². The van der Waals surface area contributed by atoms with Gasteiger partial charge in [0, 0.05) is 18.7 Å². The molecular weight excluding hydrogens is 270 g/mol. The van der Waals surface area contributed by atoms with E-state index in [0.717, 1.165) is 11.4 Å². The maximum atomic E-state index is 12.3. The van der Waals surface area contributed by atoms with Crippen molar-refractivity contribution in [3.8, 4) is 0 Å². The minimum absolute atomic E-state index is 0.0883. The third-order valence-electron chi connectivity index (χ3n) is 3.20. The van der Waals surface area contributed by atoms with Gasteiger partial charge in [0.2, 0.25) is 5.91 Å². The largest absolute Gasteiger partial charge is 0.480 e. The van der Waals surface area contributed by atoms with Crippen LogP contribution in [-0.4, -0.2) is 44.8 Å². The summed E-state index contributed by atoms with van der Waals surface area (Å²) in [7, 11) is 0. The van der Waals surface area contributed by atoms with Crippen molar-refractivity contribution in [2.24, 2.45) is 5.92 Å². The quantitative estimate of drug-likeness (QED) is 0.835. The number of aromatic nitrogens is 2.